The van der Waals surface area contributed by atoms with Gasteiger partial charge in [0.2, 0.25) is 0 Å². The van der Waals surface area contributed by atoms with Crippen LogP contribution in [0.4, 0.5) is 17.2 Å². The van der Waals surface area contributed by atoms with Crippen LogP contribution in [0.3, 0.4) is 0 Å². The van der Waals surface area contributed by atoms with E-state index in [1.165, 1.54) is 5.56 Å². The minimum Gasteiger partial charge on any atom is -0.340 e. The second-order valence-electron chi connectivity index (χ2n) is 6.27. The lowest BCUT2D eigenvalue weighted by atomic mass is 10.0. The Morgan fingerprint density at radius 3 is 2.46 bits per heavy atom. The molecule has 0 bridgehead atoms. The highest BCUT2D eigenvalue weighted by Crippen LogP contribution is 2.23. The van der Waals surface area contributed by atoms with Crippen molar-refractivity contribution in [3.05, 3.63) is 83.0 Å². The van der Waals surface area contributed by atoms with Crippen LogP contribution < -0.4 is 10.6 Å². The molecule has 0 fully saturated rings. The van der Waals surface area contributed by atoms with Crippen molar-refractivity contribution in [2.24, 2.45) is 0 Å². The first-order valence-electron chi connectivity index (χ1n) is 8.42. The Bertz CT molecular complexity index is 907. The summed E-state index contributed by atoms with van der Waals surface area (Å²) in [5.41, 5.74) is 3.24. The van der Waals surface area contributed by atoms with Crippen LogP contribution in [0.2, 0.25) is 5.02 Å². The van der Waals surface area contributed by atoms with Crippen LogP contribution in [0, 0.1) is 0 Å². The highest BCUT2D eigenvalue weighted by molar-refractivity contribution is 6.31. The third kappa shape index (κ3) is 4.41. The number of amides is 1. The zero-order valence-electron chi connectivity index (χ0n) is 14.7. The van der Waals surface area contributed by atoms with Crippen molar-refractivity contribution in [1.29, 1.82) is 0 Å². The summed E-state index contributed by atoms with van der Waals surface area (Å²) < 4.78 is 0. The van der Waals surface area contributed by atoms with E-state index in [0.29, 0.717) is 28.0 Å². The molecule has 2 aromatic carbocycles. The molecule has 132 valence electrons. The summed E-state index contributed by atoms with van der Waals surface area (Å²) in [7, 11) is 0. The Labute approximate surface area is 158 Å². The molecular formula is C21H20ClN3O. The predicted molar refractivity (Wildman–Crippen MR) is 107 cm³/mol. The van der Waals surface area contributed by atoms with Crippen molar-refractivity contribution in [3.8, 4) is 0 Å². The largest absolute Gasteiger partial charge is 0.340 e. The molecule has 0 atom stereocenters. The van der Waals surface area contributed by atoms with Gasteiger partial charge in [-0.05, 0) is 53.9 Å². The lowest BCUT2D eigenvalue weighted by Gasteiger charge is -2.12. The van der Waals surface area contributed by atoms with Gasteiger partial charge in [-0.25, -0.2) is 4.98 Å². The molecule has 0 spiro atoms. The summed E-state index contributed by atoms with van der Waals surface area (Å²) in [6.45, 7) is 4.30. The number of benzene rings is 2. The van der Waals surface area contributed by atoms with Gasteiger partial charge in [0.25, 0.3) is 5.91 Å². The molecule has 3 rings (SSSR count). The summed E-state index contributed by atoms with van der Waals surface area (Å²) in [5, 5.41) is 6.63. The number of rotatable bonds is 5. The predicted octanol–water partition coefficient (Wildman–Crippen LogP) is 5.85. The Morgan fingerprint density at radius 2 is 1.77 bits per heavy atom. The number of carbonyl (C=O) groups is 1. The van der Waals surface area contributed by atoms with E-state index in [0.717, 1.165) is 5.69 Å². The first kappa shape index (κ1) is 18.0. The molecule has 1 aromatic heterocycles. The number of carbonyl (C=O) groups excluding carboxylic acids is 1. The molecule has 0 aliphatic heterocycles. The maximum atomic E-state index is 12.6. The number of hydrogen-bond acceptors (Lipinski definition) is 3. The molecule has 0 aliphatic rings. The zero-order chi connectivity index (χ0) is 18.5. The number of anilines is 3. The van der Waals surface area contributed by atoms with Gasteiger partial charge in [0.05, 0.1) is 5.56 Å². The van der Waals surface area contributed by atoms with E-state index in [9.17, 15) is 4.79 Å². The fourth-order valence-corrected chi connectivity index (χ4v) is 2.73. The molecule has 2 N–H and O–H groups in total. The second kappa shape index (κ2) is 8.02. The molecule has 0 saturated carbocycles. The molecule has 5 heteroatoms. The van der Waals surface area contributed by atoms with E-state index < -0.39 is 0 Å². The molecule has 3 aromatic rings. The van der Waals surface area contributed by atoms with Crippen LogP contribution in [0.5, 0.6) is 0 Å². The Morgan fingerprint density at radius 1 is 1.00 bits per heavy atom. The average Bonchev–Trinajstić information content (AvgIpc) is 2.62. The van der Waals surface area contributed by atoms with E-state index in [2.05, 4.69) is 41.6 Å². The van der Waals surface area contributed by atoms with Gasteiger partial charge in [0, 0.05) is 22.6 Å². The summed E-state index contributed by atoms with van der Waals surface area (Å²) in [6, 6.07) is 18.6. The third-order valence-corrected chi connectivity index (χ3v) is 4.21. The number of nitrogens with one attached hydrogen (secondary N) is 2. The van der Waals surface area contributed by atoms with Crippen LogP contribution in [-0.2, 0) is 0 Å². The maximum Gasteiger partial charge on any atom is 0.259 e. The van der Waals surface area contributed by atoms with Gasteiger partial charge in [-0.2, -0.15) is 0 Å². The molecule has 1 heterocycles. The van der Waals surface area contributed by atoms with E-state index in [1.807, 2.05) is 12.1 Å². The van der Waals surface area contributed by atoms with Gasteiger partial charge in [-0.3, -0.25) is 4.79 Å². The van der Waals surface area contributed by atoms with Gasteiger partial charge < -0.3 is 10.6 Å². The van der Waals surface area contributed by atoms with Crippen molar-refractivity contribution >= 4 is 34.7 Å². The smallest absolute Gasteiger partial charge is 0.259 e. The van der Waals surface area contributed by atoms with Crippen LogP contribution in [0.15, 0.2) is 66.9 Å². The number of aromatic nitrogens is 1. The molecule has 0 unspecified atom stereocenters. The average molecular weight is 366 g/mol. The van der Waals surface area contributed by atoms with Crippen molar-refractivity contribution < 1.29 is 4.79 Å². The topological polar surface area (TPSA) is 54.0 Å². The second-order valence-corrected chi connectivity index (χ2v) is 6.70. The molecule has 1 amide bonds. The van der Waals surface area contributed by atoms with Crippen molar-refractivity contribution in [2.75, 3.05) is 10.6 Å². The number of nitrogens with zero attached hydrogens (tertiary/aromatic N) is 1. The van der Waals surface area contributed by atoms with E-state index in [-0.39, 0.29) is 5.91 Å². The highest BCUT2D eigenvalue weighted by Gasteiger charge is 2.13. The number of halogens is 1. The zero-order valence-corrected chi connectivity index (χ0v) is 15.4. The van der Waals surface area contributed by atoms with Crippen LogP contribution in [0.25, 0.3) is 0 Å². The normalized spacial score (nSPS) is 10.6. The van der Waals surface area contributed by atoms with Gasteiger partial charge in [0.15, 0.2) is 0 Å². The fraction of sp³-hybridized carbons (Fsp3) is 0.143. The van der Waals surface area contributed by atoms with Crippen molar-refractivity contribution in [1.82, 2.24) is 4.98 Å². The Balaban J connectivity index is 1.80. The van der Waals surface area contributed by atoms with E-state index in [4.69, 9.17) is 11.6 Å². The first-order chi connectivity index (χ1) is 12.5. The lowest BCUT2D eigenvalue weighted by molar-refractivity contribution is 0.102. The molecule has 0 radical (unpaired) electrons. The van der Waals surface area contributed by atoms with E-state index in [1.54, 1.807) is 42.6 Å². The van der Waals surface area contributed by atoms with Gasteiger partial charge in [0.1, 0.15) is 5.82 Å². The fourth-order valence-electron chi connectivity index (χ4n) is 2.54. The monoisotopic (exact) mass is 365 g/mol. The van der Waals surface area contributed by atoms with Crippen LogP contribution >= 0.6 is 11.6 Å². The summed E-state index contributed by atoms with van der Waals surface area (Å²) in [4.78, 5) is 17.0. The maximum absolute atomic E-state index is 12.6. The van der Waals surface area contributed by atoms with Gasteiger partial charge in [-0.15, -0.1) is 0 Å². The van der Waals surface area contributed by atoms with Crippen LogP contribution in [-0.4, -0.2) is 10.9 Å². The first-order valence-corrected chi connectivity index (χ1v) is 8.79. The minimum atomic E-state index is -0.248. The Hall–Kier alpha value is -2.85. The molecule has 0 aliphatic carbocycles. The molecule has 4 nitrogen and oxygen atoms in total. The third-order valence-electron chi connectivity index (χ3n) is 3.97. The highest BCUT2D eigenvalue weighted by atomic mass is 35.5. The summed E-state index contributed by atoms with van der Waals surface area (Å²) >= 11 is 5.97. The summed E-state index contributed by atoms with van der Waals surface area (Å²) in [5.74, 6) is 0.726. The van der Waals surface area contributed by atoms with Crippen molar-refractivity contribution in [2.45, 2.75) is 19.8 Å². The number of pyridine rings is 1. The van der Waals surface area contributed by atoms with Gasteiger partial charge >= 0.3 is 0 Å². The van der Waals surface area contributed by atoms with Crippen LogP contribution in [0.1, 0.15) is 35.7 Å². The Kier molecular flexibility index (Phi) is 5.54. The number of hydrogen-bond donors (Lipinski definition) is 2. The SMILES string of the molecule is CC(C)c1ccc(Nc2ncccc2C(=O)Nc2cccc(Cl)c2)cc1. The molecule has 0 saturated heterocycles. The van der Waals surface area contributed by atoms with Gasteiger partial charge in [-0.1, -0.05) is 43.6 Å². The quantitative estimate of drug-likeness (QED) is 0.595. The molecule has 26 heavy (non-hydrogen) atoms. The standard InChI is InChI=1S/C21H20ClN3O/c1-14(2)15-8-10-17(11-9-15)24-20-19(7-4-12-23-20)21(26)25-18-6-3-5-16(22)13-18/h3-14H,1-2H3,(H,23,24)(H,25,26). The lowest BCUT2D eigenvalue weighted by Crippen LogP contribution is -2.14. The molecular weight excluding hydrogens is 346 g/mol. The minimum absolute atomic E-state index is 0.248. The van der Waals surface area contributed by atoms with Crippen molar-refractivity contribution in [3.63, 3.8) is 0 Å². The summed E-state index contributed by atoms with van der Waals surface area (Å²) in [6.07, 6.45) is 1.65. The van der Waals surface area contributed by atoms with E-state index >= 15 is 0 Å².